The molecule has 0 bridgehead atoms. The number of amides is 1. The number of halogens is 1. The van der Waals surface area contributed by atoms with Crippen molar-refractivity contribution in [3.8, 4) is 0 Å². The zero-order valence-electron chi connectivity index (χ0n) is 17.7. The Morgan fingerprint density at radius 3 is 2.60 bits per heavy atom. The smallest absolute Gasteiger partial charge is 0.257 e. The van der Waals surface area contributed by atoms with E-state index in [1.54, 1.807) is 12.1 Å². The van der Waals surface area contributed by atoms with Crippen molar-refractivity contribution in [2.24, 2.45) is 0 Å². The standard InChI is InChI=1S/C25H30ClN3O/c1-3-19(4-2)29-13-11-17(12-14-29)22-16-27-24-10-9-18(15-21(22)24)28-25(30)20-7-5-6-8-23(20)26/h5-10,15-17,19,27H,3-4,11-14H2,1-2H3,(H,28,30). The lowest BCUT2D eigenvalue weighted by atomic mass is 9.88. The first-order valence-electron chi connectivity index (χ1n) is 11.0. The molecule has 0 spiro atoms. The molecule has 1 fully saturated rings. The van der Waals surface area contributed by atoms with Crippen LogP contribution in [-0.2, 0) is 0 Å². The van der Waals surface area contributed by atoms with Crippen LogP contribution < -0.4 is 5.32 Å². The van der Waals surface area contributed by atoms with Gasteiger partial charge in [-0.15, -0.1) is 0 Å². The minimum atomic E-state index is -0.185. The van der Waals surface area contributed by atoms with Gasteiger partial charge in [-0.2, -0.15) is 0 Å². The molecule has 1 amide bonds. The summed E-state index contributed by atoms with van der Waals surface area (Å²) in [5.41, 5.74) is 3.76. The first-order valence-corrected chi connectivity index (χ1v) is 11.4. The number of benzene rings is 2. The Balaban J connectivity index is 1.51. The van der Waals surface area contributed by atoms with Crippen molar-refractivity contribution < 1.29 is 4.79 Å². The number of carbonyl (C=O) groups is 1. The Hall–Kier alpha value is -2.30. The minimum absolute atomic E-state index is 0.185. The number of hydrogen-bond acceptors (Lipinski definition) is 2. The van der Waals surface area contributed by atoms with E-state index in [-0.39, 0.29) is 5.91 Å². The fraction of sp³-hybridized carbons (Fsp3) is 0.400. The Morgan fingerprint density at radius 1 is 1.17 bits per heavy atom. The van der Waals surface area contributed by atoms with Gasteiger partial charge in [0, 0.05) is 28.8 Å². The number of piperidine rings is 1. The van der Waals surface area contributed by atoms with Gasteiger partial charge in [0.1, 0.15) is 0 Å². The quantitative estimate of drug-likeness (QED) is 0.479. The van der Waals surface area contributed by atoms with Crippen molar-refractivity contribution >= 4 is 34.1 Å². The van der Waals surface area contributed by atoms with Crippen molar-refractivity contribution in [1.82, 2.24) is 9.88 Å². The van der Waals surface area contributed by atoms with E-state index in [1.165, 1.54) is 36.6 Å². The number of nitrogens with one attached hydrogen (secondary N) is 2. The summed E-state index contributed by atoms with van der Waals surface area (Å²) in [6.07, 6.45) is 6.96. The lowest BCUT2D eigenvalue weighted by Crippen LogP contribution is -2.40. The fourth-order valence-corrected chi connectivity index (χ4v) is 5.00. The van der Waals surface area contributed by atoms with Crippen LogP contribution in [0.25, 0.3) is 10.9 Å². The van der Waals surface area contributed by atoms with Crippen LogP contribution in [0.3, 0.4) is 0 Å². The molecule has 1 aliphatic rings. The largest absolute Gasteiger partial charge is 0.361 e. The molecule has 0 aliphatic carbocycles. The zero-order chi connectivity index (χ0) is 21.1. The van der Waals surface area contributed by atoms with Crippen LogP contribution in [0.1, 0.15) is 61.4 Å². The summed E-state index contributed by atoms with van der Waals surface area (Å²) < 4.78 is 0. The molecule has 4 nitrogen and oxygen atoms in total. The molecule has 1 saturated heterocycles. The second-order valence-electron chi connectivity index (χ2n) is 8.22. The van der Waals surface area contributed by atoms with Crippen LogP contribution >= 0.6 is 11.6 Å². The highest BCUT2D eigenvalue weighted by molar-refractivity contribution is 6.34. The summed E-state index contributed by atoms with van der Waals surface area (Å²) in [6, 6.07) is 13.9. The van der Waals surface area contributed by atoms with Crippen LogP contribution in [0.4, 0.5) is 5.69 Å². The number of anilines is 1. The maximum Gasteiger partial charge on any atom is 0.257 e. The van der Waals surface area contributed by atoms with Gasteiger partial charge < -0.3 is 15.2 Å². The second-order valence-corrected chi connectivity index (χ2v) is 8.63. The number of carbonyl (C=O) groups excluding carboxylic acids is 1. The van der Waals surface area contributed by atoms with Gasteiger partial charge in [0.25, 0.3) is 5.91 Å². The number of fused-ring (bicyclic) bond motifs is 1. The highest BCUT2D eigenvalue weighted by atomic mass is 35.5. The van der Waals surface area contributed by atoms with Gasteiger partial charge in [-0.05, 0) is 80.6 Å². The first kappa shape index (κ1) is 21.0. The van der Waals surface area contributed by atoms with Crippen molar-refractivity contribution in [3.63, 3.8) is 0 Å². The van der Waals surface area contributed by atoms with Crippen LogP contribution in [0, 0.1) is 0 Å². The van der Waals surface area contributed by atoms with Gasteiger partial charge in [-0.1, -0.05) is 37.6 Å². The van der Waals surface area contributed by atoms with Gasteiger partial charge >= 0.3 is 0 Å². The third-order valence-electron chi connectivity index (χ3n) is 6.52. The maximum atomic E-state index is 12.6. The van der Waals surface area contributed by atoms with Crippen molar-refractivity contribution in [2.75, 3.05) is 18.4 Å². The normalized spacial score (nSPS) is 15.7. The molecule has 158 valence electrons. The number of aromatic amines is 1. The van der Waals surface area contributed by atoms with E-state index >= 15 is 0 Å². The highest BCUT2D eigenvalue weighted by Gasteiger charge is 2.25. The average molecular weight is 424 g/mol. The third kappa shape index (κ3) is 4.26. The van der Waals surface area contributed by atoms with Crippen molar-refractivity contribution in [2.45, 2.75) is 51.5 Å². The molecule has 5 heteroatoms. The molecule has 4 rings (SSSR count). The zero-order valence-corrected chi connectivity index (χ0v) is 18.5. The van der Waals surface area contributed by atoms with Gasteiger partial charge in [-0.3, -0.25) is 4.79 Å². The average Bonchev–Trinajstić information content (AvgIpc) is 3.18. The van der Waals surface area contributed by atoms with E-state index in [9.17, 15) is 4.79 Å². The van der Waals surface area contributed by atoms with Crippen LogP contribution in [-0.4, -0.2) is 34.9 Å². The Labute approximate surface area is 183 Å². The molecule has 2 aromatic carbocycles. The summed E-state index contributed by atoms with van der Waals surface area (Å²) in [7, 11) is 0. The number of likely N-dealkylation sites (tertiary alicyclic amines) is 1. The Kier molecular flexibility index (Phi) is 6.45. The minimum Gasteiger partial charge on any atom is -0.361 e. The van der Waals surface area contributed by atoms with Crippen molar-refractivity contribution in [1.29, 1.82) is 0 Å². The van der Waals surface area contributed by atoms with Crippen LogP contribution in [0.15, 0.2) is 48.7 Å². The van der Waals surface area contributed by atoms with Gasteiger partial charge in [0.2, 0.25) is 0 Å². The lowest BCUT2D eigenvalue weighted by Gasteiger charge is -2.37. The molecule has 2 N–H and O–H groups in total. The number of H-pyrrole nitrogens is 1. The number of hydrogen-bond donors (Lipinski definition) is 2. The molecule has 0 radical (unpaired) electrons. The summed E-state index contributed by atoms with van der Waals surface area (Å²) in [4.78, 5) is 18.7. The number of aromatic nitrogens is 1. The molecule has 30 heavy (non-hydrogen) atoms. The van der Waals surface area contributed by atoms with Gasteiger partial charge in [-0.25, -0.2) is 0 Å². The fourth-order valence-electron chi connectivity index (χ4n) is 4.78. The molecule has 2 heterocycles. The van der Waals surface area contributed by atoms with E-state index in [4.69, 9.17) is 11.6 Å². The van der Waals surface area contributed by atoms with E-state index in [1.807, 2.05) is 24.3 Å². The van der Waals surface area contributed by atoms with Crippen molar-refractivity contribution in [3.05, 3.63) is 64.8 Å². The van der Waals surface area contributed by atoms with Gasteiger partial charge in [0.15, 0.2) is 0 Å². The predicted octanol–water partition coefficient (Wildman–Crippen LogP) is 6.44. The summed E-state index contributed by atoms with van der Waals surface area (Å²) >= 11 is 6.17. The molecule has 1 aliphatic heterocycles. The molecule has 0 atom stereocenters. The topological polar surface area (TPSA) is 48.1 Å². The second kappa shape index (κ2) is 9.23. The van der Waals surface area contributed by atoms with Gasteiger partial charge in [0.05, 0.1) is 10.6 Å². The molecular formula is C25H30ClN3O. The molecule has 3 aromatic rings. The molecular weight excluding hydrogens is 394 g/mol. The van der Waals surface area contributed by atoms with E-state index in [0.717, 1.165) is 24.3 Å². The molecule has 0 unspecified atom stereocenters. The monoisotopic (exact) mass is 423 g/mol. The van der Waals surface area contributed by atoms with E-state index < -0.39 is 0 Å². The maximum absolute atomic E-state index is 12.6. The molecule has 0 saturated carbocycles. The Morgan fingerprint density at radius 2 is 1.90 bits per heavy atom. The summed E-state index contributed by atoms with van der Waals surface area (Å²) in [5.74, 6) is 0.370. The SMILES string of the molecule is CCC(CC)N1CCC(c2c[nH]c3ccc(NC(=O)c4ccccc4Cl)cc23)CC1. The lowest BCUT2D eigenvalue weighted by molar-refractivity contribution is 0.102. The van der Waals surface area contributed by atoms with Crippen LogP contribution in [0.2, 0.25) is 5.02 Å². The summed E-state index contributed by atoms with van der Waals surface area (Å²) in [5, 5.41) is 4.67. The number of nitrogens with zero attached hydrogens (tertiary/aromatic N) is 1. The van der Waals surface area contributed by atoms with Crippen LogP contribution in [0.5, 0.6) is 0 Å². The van der Waals surface area contributed by atoms with E-state index in [0.29, 0.717) is 22.5 Å². The summed E-state index contributed by atoms with van der Waals surface area (Å²) in [6.45, 7) is 6.90. The predicted molar refractivity (Wildman–Crippen MR) is 126 cm³/mol. The third-order valence-corrected chi connectivity index (χ3v) is 6.85. The Bertz CT molecular complexity index is 1020. The van der Waals surface area contributed by atoms with E-state index in [2.05, 4.69) is 41.3 Å². The number of rotatable bonds is 6. The molecule has 1 aromatic heterocycles. The highest BCUT2D eigenvalue weighted by Crippen LogP contribution is 2.35. The first-order chi connectivity index (χ1) is 14.6.